The van der Waals surface area contributed by atoms with Gasteiger partial charge in [0.05, 0.1) is 17.8 Å². The maximum atomic E-state index is 12.5. The second-order valence-electron chi connectivity index (χ2n) is 5.36. The summed E-state index contributed by atoms with van der Waals surface area (Å²) in [5, 5.41) is 9.17. The number of aromatic carboxylic acids is 1. The molecule has 3 rings (SSSR count). The van der Waals surface area contributed by atoms with E-state index in [1.54, 1.807) is 35.0 Å². The topological polar surface area (TPSA) is 60.9 Å². The average molecular weight is 296 g/mol. The van der Waals surface area contributed by atoms with Crippen LogP contribution < -0.4 is 4.90 Å². The van der Waals surface area contributed by atoms with Crippen LogP contribution in [0.2, 0.25) is 0 Å². The van der Waals surface area contributed by atoms with Crippen LogP contribution >= 0.6 is 0 Å². The molecule has 5 heteroatoms. The molecule has 0 aromatic heterocycles. The molecule has 0 radical (unpaired) electrons. The number of amides is 2. The third-order valence-corrected chi connectivity index (χ3v) is 3.77. The third-order valence-electron chi connectivity index (χ3n) is 3.77. The van der Waals surface area contributed by atoms with Crippen LogP contribution in [0.25, 0.3) is 0 Å². The fourth-order valence-corrected chi connectivity index (χ4v) is 2.63. The van der Waals surface area contributed by atoms with E-state index in [9.17, 15) is 9.59 Å². The molecule has 2 aromatic carbocycles. The summed E-state index contributed by atoms with van der Waals surface area (Å²) < 4.78 is 0. The predicted molar refractivity (Wildman–Crippen MR) is 82.9 cm³/mol. The highest BCUT2D eigenvalue weighted by atomic mass is 16.4. The zero-order valence-electron chi connectivity index (χ0n) is 12.2. The van der Waals surface area contributed by atoms with Crippen molar-refractivity contribution in [2.45, 2.75) is 13.1 Å². The van der Waals surface area contributed by atoms with E-state index in [4.69, 9.17) is 5.11 Å². The summed E-state index contributed by atoms with van der Waals surface area (Å²) in [6.45, 7) is 0.902. The average Bonchev–Trinajstić information content (AvgIpc) is 2.52. The van der Waals surface area contributed by atoms with Gasteiger partial charge in [0.25, 0.3) is 0 Å². The second-order valence-corrected chi connectivity index (χ2v) is 5.36. The number of nitrogens with zero attached hydrogens (tertiary/aromatic N) is 2. The number of rotatable bonds is 3. The van der Waals surface area contributed by atoms with E-state index in [1.807, 2.05) is 30.3 Å². The Labute approximate surface area is 128 Å². The lowest BCUT2D eigenvalue weighted by atomic mass is 10.0. The Morgan fingerprint density at radius 1 is 1.18 bits per heavy atom. The minimum atomic E-state index is -0.992. The van der Waals surface area contributed by atoms with Crippen molar-refractivity contribution < 1.29 is 14.7 Å². The van der Waals surface area contributed by atoms with Crippen LogP contribution in [-0.4, -0.2) is 29.1 Å². The summed E-state index contributed by atoms with van der Waals surface area (Å²) in [4.78, 5) is 26.9. The van der Waals surface area contributed by atoms with Crippen LogP contribution in [0.4, 0.5) is 10.5 Å². The van der Waals surface area contributed by atoms with Crippen LogP contribution in [0.1, 0.15) is 21.5 Å². The van der Waals surface area contributed by atoms with Gasteiger partial charge in [0.15, 0.2) is 0 Å². The number of hydrogen-bond donors (Lipinski definition) is 1. The van der Waals surface area contributed by atoms with Crippen molar-refractivity contribution in [2.24, 2.45) is 0 Å². The summed E-state index contributed by atoms with van der Waals surface area (Å²) in [5.41, 5.74) is 2.81. The zero-order valence-corrected chi connectivity index (χ0v) is 12.2. The highest BCUT2D eigenvalue weighted by Gasteiger charge is 2.28. The molecule has 0 aliphatic carbocycles. The molecule has 2 aromatic rings. The number of benzene rings is 2. The second kappa shape index (κ2) is 5.52. The van der Waals surface area contributed by atoms with Crippen LogP contribution in [0, 0.1) is 0 Å². The van der Waals surface area contributed by atoms with Crippen LogP contribution in [0.15, 0.2) is 48.5 Å². The third kappa shape index (κ3) is 2.53. The van der Waals surface area contributed by atoms with Crippen molar-refractivity contribution in [3.8, 4) is 0 Å². The molecule has 0 saturated carbocycles. The number of carboxylic acids is 1. The first kappa shape index (κ1) is 14.1. The Morgan fingerprint density at radius 2 is 1.91 bits per heavy atom. The van der Waals surface area contributed by atoms with Gasteiger partial charge in [-0.3, -0.25) is 4.90 Å². The number of anilines is 1. The van der Waals surface area contributed by atoms with Crippen molar-refractivity contribution in [3.05, 3.63) is 65.2 Å². The molecule has 22 heavy (non-hydrogen) atoms. The lowest BCUT2D eigenvalue weighted by Crippen LogP contribution is -2.44. The molecule has 0 fully saturated rings. The molecule has 1 heterocycles. The molecular formula is C17H16N2O3. The fourth-order valence-electron chi connectivity index (χ4n) is 2.63. The molecule has 2 amide bonds. The van der Waals surface area contributed by atoms with E-state index >= 15 is 0 Å². The molecule has 0 bridgehead atoms. The monoisotopic (exact) mass is 296 g/mol. The van der Waals surface area contributed by atoms with Crippen LogP contribution in [0.5, 0.6) is 0 Å². The maximum Gasteiger partial charge on any atom is 0.335 e. The van der Waals surface area contributed by atoms with E-state index in [2.05, 4.69) is 0 Å². The summed E-state index contributed by atoms with van der Waals surface area (Å²) in [6, 6.07) is 14.5. The summed E-state index contributed by atoms with van der Waals surface area (Å²) >= 11 is 0. The summed E-state index contributed by atoms with van der Waals surface area (Å²) in [6.07, 6.45) is 0. The van der Waals surface area contributed by atoms with Crippen molar-refractivity contribution in [2.75, 3.05) is 11.9 Å². The standard InChI is InChI=1S/C17H16N2O3/c1-18-11-14-8-7-13(16(20)21)9-15(14)19(17(18)22)10-12-5-3-2-4-6-12/h2-9H,10-11H2,1H3,(H,20,21). The quantitative estimate of drug-likeness (QED) is 0.947. The van der Waals surface area contributed by atoms with Gasteiger partial charge in [-0.2, -0.15) is 0 Å². The van der Waals surface area contributed by atoms with E-state index in [0.717, 1.165) is 11.1 Å². The first-order chi connectivity index (χ1) is 10.6. The van der Waals surface area contributed by atoms with Gasteiger partial charge < -0.3 is 10.0 Å². The van der Waals surface area contributed by atoms with E-state index in [1.165, 1.54) is 0 Å². The Kier molecular flexibility index (Phi) is 3.55. The number of carbonyl (C=O) groups excluding carboxylic acids is 1. The molecule has 0 unspecified atom stereocenters. The largest absolute Gasteiger partial charge is 0.478 e. The lowest BCUT2D eigenvalue weighted by Gasteiger charge is -2.35. The van der Waals surface area contributed by atoms with Crippen LogP contribution in [-0.2, 0) is 13.1 Å². The molecular weight excluding hydrogens is 280 g/mol. The Bertz CT molecular complexity index is 728. The van der Waals surface area contributed by atoms with E-state index in [-0.39, 0.29) is 11.6 Å². The predicted octanol–water partition coefficient (Wildman–Crippen LogP) is 2.96. The molecule has 5 nitrogen and oxygen atoms in total. The molecule has 1 aliphatic rings. The van der Waals surface area contributed by atoms with Gasteiger partial charge in [0, 0.05) is 13.6 Å². The van der Waals surface area contributed by atoms with Gasteiger partial charge in [-0.1, -0.05) is 36.4 Å². The minimum absolute atomic E-state index is 0.126. The number of urea groups is 1. The molecule has 1 N–H and O–H groups in total. The normalized spacial score (nSPS) is 14.0. The molecule has 112 valence electrons. The van der Waals surface area contributed by atoms with Gasteiger partial charge in [0.2, 0.25) is 0 Å². The van der Waals surface area contributed by atoms with Gasteiger partial charge >= 0.3 is 12.0 Å². The van der Waals surface area contributed by atoms with Gasteiger partial charge in [-0.15, -0.1) is 0 Å². The minimum Gasteiger partial charge on any atom is -0.478 e. The highest BCUT2D eigenvalue weighted by Crippen LogP contribution is 2.30. The number of carbonyl (C=O) groups is 2. The Balaban J connectivity index is 2.03. The summed E-state index contributed by atoms with van der Waals surface area (Å²) in [5.74, 6) is -0.992. The molecule has 0 atom stereocenters. The van der Waals surface area contributed by atoms with Crippen molar-refractivity contribution in [3.63, 3.8) is 0 Å². The molecule has 0 spiro atoms. The van der Waals surface area contributed by atoms with Crippen molar-refractivity contribution >= 4 is 17.7 Å². The smallest absolute Gasteiger partial charge is 0.335 e. The maximum absolute atomic E-state index is 12.5. The van der Waals surface area contributed by atoms with Gasteiger partial charge in [0.1, 0.15) is 0 Å². The molecule has 1 aliphatic heterocycles. The van der Waals surface area contributed by atoms with Crippen molar-refractivity contribution in [1.29, 1.82) is 0 Å². The molecule has 0 saturated heterocycles. The van der Waals surface area contributed by atoms with Crippen LogP contribution in [0.3, 0.4) is 0 Å². The first-order valence-electron chi connectivity index (χ1n) is 6.99. The Morgan fingerprint density at radius 3 is 2.59 bits per heavy atom. The van der Waals surface area contributed by atoms with Gasteiger partial charge in [-0.05, 0) is 23.3 Å². The lowest BCUT2D eigenvalue weighted by molar-refractivity contribution is 0.0696. The fraction of sp³-hybridized carbons (Fsp3) is 0.176. The first-order valence-corrected chi connectivity index (χ1v) is 6.99. The zero-order chi connectivity index (χ0) is 15.7. The Hall–Kier alpha value is -2.82. The van der Waals surface area contributed by atoms with Gasteiger partial charge in [-0.25, -0.2) is 9.59 Å². The number of hydrogen-bond acceptors (Lipinski definition) is 2. The number of fused-ring (bicyclic) bond motifs is 1. The number of carboxylic acid groups (broad SMARTS) is 1. The SMILES string of the molecule is CN1Cc2ccc(C(=O)O)cc2N(Cc2ccccc2)C1=O. The van der Waals surface area contributed by atoms with E-state index in [0.29, 0.717) is 18.8 Å². The highest BCUT2D eigenvalue weighted by molar-refractivity contribution is 5.97. The van der Waals surface area contributed by atoms with Crippen molar-refractivity contribution in [1.82, 2.24) is 4.90 Å². The summed E-state index contributed by atoms with van der Waals surface area (Å²) in [7, 11) is 1.74. The van der Waals surface area contributed by atoms with E-state index < -0.39 is 5.97 Å².